The van der Waals surface area contributed by atoms with E-state index in [0.29, 0.717) is 5.92 Å². The van der Waals surface area contributed by atoms with Gasteiger partial charge in [-0.25, -0.2) is 0 Å². The molecule has 1 aromatic carbocycles. The van der Waals surface area contributed by atoms with E-state index < -0.39 is 0 Å². The first kappa shape index (κ1) is 17.0. The van der Waals surface area contributed by atoms with Crippen molar-refractivity contribution < 1.29 is 0 Å². The molecular formula is C17H28S2. The van der Waals surface area contributed by atoms with Crippen LogP contribution in [0.25, 0.3) is 0 Å². The van der Waals surface area contributed by atoms with Gasteiger partial charge >= 0.3 is 0 Å². The van der Waals surface area contributed by atoms with E-state index in [9.17, 15) is 0 Å². The van der Waals surface area contributed by atoms with Crippen molar-refractivity contribution in [2.75, 3.05) is 0 Å². The summed E-state index contributed by atoms with van der Waals surface area (Å²) in [4.78, 5) is 0. The second kappa shape index (κ2) is 5.37. The monoisotopic (exact) mass is 296 g/mol. The fourth-order valence-electron chi connectivity index (χ4n) is 1.92. The summed E-state index contributed by atoms with van der Waals surface area (Å²) >= 11 is 9.25. The Labute approximate surface area is 130 Å². The quantitative estimate of drug-likeness (QED) is 0.534. The first-order chi connectivity index (χ1) is 8.40. The summed E-state index contributed by atoms with van der Waals surface area (Å²) in [6.45, 7) is 15.6. The highest BCUT2D eigenvalue weighted by Crippen LogP contribution is 2.42. The Balaban J connectivity index is 3.14. The van der Waals surface area contributed by atoms with E-state index in [4.69, 9.17) is 0 Å². The lowest BCUT2D eigenvalue weighted by atomic mass is 9.73. The maximum atomic E-state index is 4.63. The molecule has 0 aromatic heterocycles. The Morgan fingerprint density at radius 1 is 0.789 bits per heavy atom. The molecule has 0 saturated carbocycles. The zero-order valence-electron chi connectivity index (χ0n) is 13.3. The van der Waals surface area contributed by atoms with Crippen LogP contribution in [-0.4, -0.2) is 4.08 Å². The lowest BCUT2D eigenvalue weighted by molar-refractivity contribution is 0.372. The van der Waals surface area contributed by atoms with Gasteiger partial charge in [0.25, 0.3) is 0 Å². The van der Waals surface area contributed by atoms with Crippen LogP contribution >= 0.6 is 25.3 Å². The number of rotatable bonds is 4. The normalized spacial score (nSPS) is 14.0. The van der Waals surface area contributed by atoms with Crippen molar-refractivity contribution in [2.45, 2.75) is 63.4 Å². The van der Waals surface area contributed by atoms with Crippen LogP contribution in [-0.2, 0) is 10.8 Å². The minimum atomic E-state index is -0.345. The second-order valence-electron chi connectivity index (χ2n) is 7.10. The van der Waals surface area contributed by atoms with Crippen molar-refractivity contribution in [1.82, 2.24) is 0 Å². The smallest absolute Gasteiger partial charge is 0.0614 e. The molecule has 0 heterocycles. The Bertz CT molecular complexity index is 420. The van der Waals surface area contributed by atoms with Gasteiger partial charge in [0.15, 0.2) is 0 Å². The van der Waals surface area contributed by atoms with E-state index >= 15 is 0 Å². The van der Waals surface area contributed by atoms with Crippen LogP contribution in [0.3, 0.4) is 0 Å². The van der Waals surface area contributed by atoms with E-state index in [2.05, 4.69) is 91.1 Å². The Hall–Kier alpha value is -0.0800. The molecule has 0 radical (unpaired) electrons. The van der Waals surface area contributed by atoms with E-state index in [1.807, 2.05) is 6.92 Å². The predicted octanol–water partition coefficient (Wildman–Crippen LogP) is 5.47. The Kier molecular flexibility index (Phi) is 4.79. The summed E-state index contributed by atoms with van der Waals surface area (Å²) in [6, 6.07) is 8.96. The number of thiol groups is 2. The van der Waals surface area contributed by atoms with E-state index in [0.717, 1.165) is 0 Å². The van der Waals surface area contributed by atoms with Gasteiger partial charge in [-0.15, -0.1) is 0 Å². The molecule has 1 aromatic rings. The average Bonchev–Trinajstić information content (AvgIpc) is 2.27. The number of hydrogen-bond acceptors (Lipinski definition) is 2. The summed E-state index contributed by atoms with van der Waals surface area (Å²) in [7, 11) is 0. The van der Waals surface area contributed by atoms with Crippen LogP contribution in [0.5, 0.6) is 0 Å². The van der Waals surface area contributed by atoms with Gasteiger partial charge in [-0.05, 0) is 29.4 Å². The molecule has 0 nitrogen and oxygen atoms in total. The largest absolute Gasteiger partial charge is 0.161 e. The minimum absolute atomic E-state index is 0.0836. The SMILES string of the molecule is CC(C)C(C)(C)c1ccc(C(C)(C)C(C)(S)S)cc1. The van der Waals surface area contributed by atoms with Crippen molar-refractivity contribution in [3.05, 3.63) is 35.4 Å². The van der Waals surface area contributed by atoms with Gasteiger partial charge in [-0.2, -0.15) is 25.3 Å². The van der Waals surface area contributed by atoms with Crippen molar-refractivity contribution >= 4 is 25.3 Å². The zero-order chi connectivity index (χ0) is 15.1. The van der Waals surface area contributed by atoms with Crippen LogP contribution < -0.4 is 0 Å². The van der Waals surface area contributed by atoms with Crippen molar-refractivity contribution in [1.29, 1.82) is 0 Å². The van der Waals surface area contributed by atoms with E-state index in [1.165, 1.54) is 11.1 Å². The molecule has 108 valence electrons. The third kappa shape index (κ3) is 3.33. The zero-order valence-corrected chi connectivity index (χ0v) is 15.1. The molecule has 0 unspecified atom stereocenters. The molecular weight excluding hydrogens is 268 g/mol. The molecule has 0 aliphatic rings. The molecule has 0 saturated heterocycles. The lowest BCUT2D eigenvalue weighted by Crippen LogP contribution is -2.36. The molecule has 0 atom stereocenters. The Morgan fingerprint density at radius 2 is 1.16 bits per heavy atom. The van der Waals surface area contributed by atoms with Crippen LogP contribution in [0.15, 0.2) is 24.3 Å². The van der Waals surface area contributed by atoms with Gasteiger partial charge in [0.2, 0.25) is 0 Å². The molecule has 0 aliphatic carbocycles. The first-order valence-electron chi connectivity index (χ1n) is 6.96. The van der Waals surface area contributed by atoms with Crippen LogP contribution in [0.4, 0.5) is 0 Å². The van der Waals surface area contributed by atoms with Gasteiger partial charge in [-0.1, -0.05) is 65.8 Å². The summed E-state index contributed by atoms with van der Waals surface area (Å²) in [6.07, 6.45) is 0. The standard InChI is InChI=1S/C17H28S2/c1-12(2)15(3,4)13-8-10-14(11-9-13)16(5,6)17(7,18)19/h8-12,18-19H,1-7H3. The van der Waals surface area contributed by atoms with Gasteiger partial charge in [0.05, 0.1) is 4.08 Å². The van der Waals surface area contributed by atoms with Gasteiger partial charge < -0.3 is 0 Å². The molecule has 0 spiro atoms. The highest BCUT2D eigenvalue weighted by molar-refractivity contribution is 8.00. The highest BCUT2D eigenvalue weighted by atomic mass is 32.2. The molecule has 0 bridgehead atoms. The third-order valence-electron chi connectivity index (χ3n) is 4.98. The summed E-state index contributed by atoms with van der Waals surface area (Å²) in [5, 5.41) is 0. The fourth-order valence-corrected chi connectivity index (χ4v) is 2.18. The molecule has 0 N–H and O–H groups in total. The van der Waals surface area contributed by atoms with Gasteiger partial charge in [0.1, 0.15) is 0 Å². The molecule has 0 fully saturated rings. The number of hydrogen-bond donors (Lipinski definition) is 2. The fraction of sp³-hybridized carbons (Fsp3) is 0.647. The third-order valence-corrected chi connectivity index (χ3v) is 6.10. The average molecular weight is 297 g/mol. The van der Waals surface area contributed by atoms with Gasteiger partial charge in [-0.3, -0.25) is 0 Å². The van der Waals surface area contributed by atoms with Crippen molar-refractivity contribution in [2.24, 2.45) is 5.92 Å². The topological polar surface area (TPSA) is 0 Å². The first-order valence-corrected chi connectivity index (χ1v) is 7.86. The molecule has 0 amide bonds. The van der Waals surface area contributed by atoms with E-state index in [1.54, 1.807) is 0 Å². The second-order valence-corrected chi connectivity index (χ2v) is 9.24. The maximum absolute atomic E-state index is 4.63. The van der Waals surface area contributed by atoms with Gasteiger partial charge in [0, 0.05) is 5.41 Å². The summed E-state index contributed by atoms with van der Waals surface area (Å²) < 4.78 is -0.345. The van der Waals surface area contributed by atoms with E-state index in [-0.39, 0.29) is 14.9 Å². The molecule has 0 aliphatic heterocycles. The Morgan fingerprint density at radius 3 is 1.47 bits per heavy atom. The van der Waals surface area contributed by atoms with Crippen molar-refractivity contribution in [3.8, 4) is 0 Å². The summed E-state index contributed by atoms with van der Waals surface area (Å²) in [5.74, 6) is 0.617. The van der Waals surface area contributed by atoms with Crippen LogP contribution in [0.1, 0.15) is 59.6 Å². The van der Waals surface area contributed by atoms with Crippen LogP contribution in [0, 0.1) is 5.92 Å². The van der Waals surface area contributed by atoms with Crippen LogP contribution in [0.2, 0.25) is 0 Å². The molecule has 19 heavy (non-hydrogen) atoms. The highest BCUT2D eigenvalue weighted by Gasteiger charge is 2.36. The molecule has 2 heteroatoms. The number of benzene rings is 1. The molecule has 1 rings (SSSR count). The minimum Gasteiger partial charge on any atom is -0.161 e. The summed E-state index contributed by atoms with van der Waals surface area (Å²) in [5.41, 5.74) is 2.79. The van der Waals surface area contributed by atoms with Crippen molar-refractivity contribution in [3.63, 3.8) is 0 Å². The maximum Gasteiger partial charge on any atom is 0.0614 e. The lowest BCUT2D eigenvalue weighted by Gasteiger charge is -2.38. The predicted molar refractivity (Wildman–Crippen MR) is 93.7 cm³/mol.